The molecule has 1 aliphatic heterocycles. The highest BCUT2D eigenvalue weighted by atomic mass is 35.5. The molecule has 4 rings (SSSR count). The minimum absolute atomic E-state index is 0.00614. The van der Waals surface area contributed by atoms with Crippen molar-refractivity contribution in [3.8, 4) is 17.6 Å². The lowest BCUT2D eigenvalue weighted by Gasteiger charge is -2.10. The predicted molar refractivity (Wildman–Crippen MR) is 113 cm³/mol. The molecule has 2 aromatic heterocycles. The molecule has 12 heteroatoms. The Hall–Kier alpha value is -3.07. The van der Waals surface area contributed by atoms with Crippen LogP contribution in [0.4, 0.5) is 5.88 Å². The maximum Gasteiger partial charge on any atom is 0.547 e. The lowest BCUT2D eigenvalue weighted by molar-refractivity contribution is -0.118. The van der Waals surface area contributed by atoms with Gasteiger partial charge in [-0.1, -0.05) is 16.8 Å². The molecule has 0 bridgehead atoms. The summed E-state index contributed by atoms with van der Waals surface area (Å²) < 4.78 is 42.8. The second-order valence-corrected chi connectivity index (χ2v) is 9.40. The van der Waals surface area contributed by atoms with E-state index in [1.807, 2.05) is 0 Å². The number of aromatic nitrogens is 1. The van der Waals surface area contributed by atoms with Crippen molar-refractivity contribution in [2.45, 2.75) is 25.2 Å². The fourth-order valence-electron chi connectivity index (χ4n) is 2.89. The Bertz CT molecular complexity index is 1340. The van der Waals surface area contributed by atoms with Gasteiger partial charge in [0.25, 0.3) is 10.0 Å². The van der Waals surface area contributed by atoms with Gasteiger partial charge < -0.3 is 9.47 Å². The topological polar surface area (TPSA) is 112 Å². The van der Waals surface area contributed by atoms with Crippen molar-refractivity contribution in [1.82, 2.24) is 9.88 Å². The van der Waals surface area contributed by atoms with Crippen molar-refractivity contribution in [3.63, 3.8) is 0 Å². The summed E-state index contributed by atoms with van der Waals surface area (Å²) in [6, 6.07) is 5.92. The van der Waals surface area contributed by atoms with E-state index in [1.54, 1.807) is 25.3 Å². The van der Waals surface area contributed by atoms with E-state index in [0.29, 0.717) is 33.9 Å². The standard InChI is InChI=1S/C19H14ClN3O6S2/c1-10-5-15-18(28-9-27-15)14(7-21-19-17(20)11(2)22-29-19)13(10)6-16(24)23-31(25,26)12-3-4-30-8-12/h3-5,8H,6,9H2,1-2H3/p+1. The smallest absolute Gasteiger partial charge is 0.454 e. The number of nitrogens with zero attached hydrogens (tertiary/aromatic N) is 2. The minimum Gasteiger partial charge on any atom is -0.454 e. The molecule has 1 aromatic carbocycles. The first-order valence-corrected chi connectivity index (χ1v) is 11.6. The quantitative estimate of drug-likeness (QED) is 0.604. The molecule has 0 aliphatic carbocycles. The van der Waals surface area contributed by atoms with Crippen LogP contribution in [0.2, 0.25) is 5.02 Å². The Morgan fingerprint density at radius 3 is 2.87 bits per heavy atom. The molecule has 0 radical (unpaired) electrons. The van der Waals surface area contributed by atoms with E-state index >= 15 is 0 Å². The minimum atomic E-state index is -3.96. The van der Waals surface area contributed by atoms with Gasteiger partial charge in [-0.3, -0.25) is 9.32 Å². The number of aryl methyl sites for hydroxylation is 2. The molecule has 9 nitrogen and oxygen atoms in total. The van der Waals surface area contributed by atoms with Crippen molar-refractivity contribution in [2.24, 2.45) is 0 Å². The molecule has 3 heterocycles. The molecule has 3 aromatic rings. The third-order valence-corrected chi connectivity index (χ3v) is 7.07. The number of ether oxygens (including phenoxy) is 2. The van der Waals surface area contributed by atoms with Crippen LogP contribution in [0.3, 0.4) is 0 Å². The molecule has 31 heavy (non-hydrogen) atoms. The maximum atomic E-state index is 12.6. The van der Waals surface area contributed by atoms with Gasteiger partial charge in [-0.25, -0.2) is 13.1 Å². The van der Waals surface area contributed by atoms with Gasteiger partial charge in [-0.15, -0.1) is 0 Å². The van der Waals surface area contributed by atoms with Gasteiger partial charge in [0.15, 0.2) is 22.1 Å². The van der Waals surface area contributed by atoms with Crippen LogP contribution < -0.4 is 14.2 Å². The van der Waals surface area contributed by atoms with Crippen LogP contribution in [0.5, 0.6) is 11.5 Å². The molecule has 0 saturated carbocycles. The second kappa shape index (κ2) is 8.22. The number of hydrogen-bond acceptors (Lipinski definition) is 8. The van der Waals surface area contributed by atoms with Crippen molar-refractivity contribution < 1.29 is 27.2 Å². The SMILES string of the molecule is Cc1cc2c(c(C#[N+]c3onc(C)c3Cl)c1CC(=O)NS(=O)(=O)c1ccsc1)OCO2. The highest BCUT2D eigenvalue weighted by Crippen LogP contribution is 2.40. The van der Waals surface area contributed by atoms with Gasteiger partial charge in [0, 0.05) is 10.2 Å². The number of fused-ring (bicyclic) bond motifs is 1. The molecule has 0 atom stereocenters. The summed E-state index contributed by atoms with van der Waals surface area (Å²) in [6.45, 7) is 3.42. The Morgan fingerprint density at radius 2 is 2.19 bits per heavy atom. The summed E-state index contributed by atoms with van der Waals surface area (Å²) in [5.74, 6) is 0.129. The average molecular weight is 481 g/mol. The third kappa shape index (κ3) is 4.23. The first-order chi connectivity index (χ1) is 14.8. The summed E-state index contributed by atoms with van der Waals surface area (Å²) in [5, 5.41) is 7.01. The number of carbonyl (C=O) groups is 1. The molecule has 1 aliphatic rings. The van der Waals surface area contributed by atoms with Gasteiger partial charge in [0.1, 0.15) is 5.69 Å². The lowest BCUT2D eigenvalue weighted by atomic mass is 9.98. The summed E-state index contributed by atoms with van der Waals surface area (Å²) in [4.78, 5) is 16.7. The monoisotopic (exact) mass is 480 g/mol. The third-order valence-electron chi connectivity index (χ3n) is 4.43. The molecular formula is C19H15ClN3O6S2+. The number of nitrogens with one attached hydrogen (secondary N) is 1. The average Bonchev–Trinajstić information content (AvgIpc) is 3.45. The number of thiophene rings is 1. The summed E-state index contributed by atoms with van der Waals surface area (Å²) in [7, 11) is -3.96. The van der Waals surface area contributed by atoms with Crippen molar-refractivity contribution in [3.05, 3.63) is 55.1 Å². The van der Waals surface area contributed by atoms with Gasteiger partial charge in [-0.05, 0) is 42.5 Å². The summed E-state index contributed by atoms with van der Waals surface area (Å²) >= 11 is 7.31. The largest absolute Gasteiger partial charge is 0.547 e. The molecule has 0 unspecified atom stereocenters. The number of hydrogen-bond donors (Lipinski definition) is 1. The first kappa shape index (κ1) is 21.2. The fraction of sp³-hybridized carbons (Fsp3) is 0.211. The zero-order valence-corrected chi connectivity index (χ0v) is 18.7. The number of rotatable bonds is 4. The van der Waals surface area contributed by atoms with Gasteiger partial charge in [0.2, 0.25) is 12.7 Å². The van der Waals surface area contributed by atoms with Crippen LogP contribution in [0.25, 0.3) is 4.85 Å². The van der Waals surface area contributed by atoms with Crippen molar-refractivity contribution in [1.29, 1.82) is 0 Å². The number of sulfonamides is 1. The fourth-order valence-corrected chi connectivity index (χ4v) is 5.01. The van der Waals surface area contributed by atoms with Crippen molar-refractivity contribution >= 4 is 44.8 Å². The van der Waals surface area contributed by atoms with Gasteiger partial charge >= 0.3 is 12.0 Å². The molecule has 0 saturated heterocycles. The molecular weight excluding hydrogens is 466 g/mol. The van der Waals surface area contributed by atoms with Crippen LogP contribution in [0.1, 0.15) is 22.4 Å². The predicted octanol–water partition coefficient (Wildman–Crippen LogP) is 3.80. The Morgan fingerprint density at radius 1 is 1.39 bits per heavy atom. The molecule has 160 valence electrons. The first-order valence-electron chi connectivity index (χ1n) is 8.84. The van der Waals surface area contributed by atoms with E-state index < -0.39 is 15.9 Å². The normalized spacial score (nSPS) is 12.4. The molecule has 0 fully saturated rings. The van der Waals surface area contributed by atoms with E-state index in [1.165, 1.54) is 22.8 Å². The Balaban J connectivity index is 1.69. The maximum absolute atomic E-state index is 12.6. The van der Waals surface area contributed by atoms with Gasteiger partial charge in [-0.2, -0.15) is 11.3 Å². The summed E-state index contributed by atoms with van der Waals surface area (Å²) in [6.07, 6.45) is -0.257. The Kier molecular flexibility index (Phi) is 5.62. The number of benzene rings is 1. The number of carbonyl (C=O) groups excluding carboxylic acids is 1. The van der Waals surface area contributed by atoms with Crippen LogP contribution in [0, 0.1) is 19.9 Å². The lowest BCUT2D eigenvalue weighted by Crippen LogP contribution is -2.32. The number of amides is 1. The van der Waals surface area contributed by atoms with E-state index in [2.05, 4.69) is 20.8 Å². The van der Waals surface area contributed by atoms with E-state index in [9.17, 15) is 13.2 Å². The summed E-state index contributed by atoms with van der Waals surface area (Å²) in [5.41, 5.74) is 1.94. The zero-order valence-electron chi connectivity index (χ0n) is 16.3. The van der Waals surface area contributed by atoms with E-state index in [-0.39, 0.29) is 29.0 Å². The molecule has 0 spiro atoms. The highest BCUT2D eigenvalue weighted by Gasteiger charge is 2.29. The van der Waals surface area contributed by atoms with E-state index in [4.69, 9.17) is 25.6 Å². The molecule has 1 N–H and O–H groups in total. The Labute approximate surface area is 186 Å². The number of halogens is 1. The van der Waals surface area contributed by atoms with Crippen LogP contribution in [-0.4, -0.2) is 26.3 Å². The van der Waals surface area contributed by atoms with Crippen molar-refractivity contribution in [2.75, 3.05) is 6.79 Å². The van der Waals surface area contributed by atoms with Crippen LogP contribution >= 0.6 is 22.9 Å². The zero-order chi connectivity index (χ0) is 22.2. The van der Waals surface area contributed by atoms with Crippen LogP contribution in [-0.2, 0) is 21.2 Å². The highest BCUT2D eigenvalue weighted by molar-refractivity contribution is 7.90. The van der Waals surface area contributed by atoms with E-state index in [0.717, 1.165) is 0 Å². The van der Waals surface area contributed by atoms with Crippen LogP contribution in [0.15, 0.2) is 32.3 Å². The van der Waals surface area contributed by atoms with Gasteiger partial charge in [0.05, 0.1) is 11.3 Å². The molecule has 1 amide bonds. The second-order valence-electron chi connectivity index (χ2n) is 6.56.